The fourth-order valence-electron chi connectivity index (χ4n) is 13.1. The number of nitrogens with one attached hydrogen (secondary N) is 2. The van der Waals surface area contributed by atoms with Crippen LogP contribution in [-0.4, -0.2) is 102 Å². The van der Waals surface area contributed by atoms with Gasteiger partial charge >= 0.3 is 10.2 Å². The van der Waals surface area contributed by atoms with Gasteiger partial charge in [0.25, 0.3) is 0 Å². The van der Waals surface area contributed by atoms with Gasteiger partial charge in [-0.2, -0.15) is 12.7 Å². The molecule has 2 heterocycles. The van der Waals surface area contributed by atoms with E-state index in [-0.39, 0.29) is 89.0 Å². The molecule has 4 aliphatic carbocycles. The fraction of sp³-hybridized carbons (Fsp3) is 0.854. The summed E-state index contributed by atoms with van der Waals surface area (Å²) >= 11 is 0. The number of rotatable bonds is 17. The number of fused-ring (bicyclic) bond motifs is 1. The van der Waals surface area contributed by atoms with Gasteiger partial charge in [0.05, 0.1) is 23.5 Å². The molecule has 3 amide bonds. The summed E-state index contributed by atoms with van der Waals surface area (Å²) in [4.78, 5) is 77.4. The third kappa shape index (κ3) is 8.44. The Balaban J connectivity index is 1.28. The zero-order valence-corrected chi connectivity index (χ0v) is 40.1. The van der Waals surface area contributed by atoms with Gasteiger partial charge in [-0.1, -0.05) is 79.7 Å². The molecule has 61 heavy (non-hydrogen) atoms. The van der Waals surface area contributed by atoms with E-state index in [4.69, 9.17) is 0 Å². The van der Waals surface area contributed by atoms with Crippen molar-refractivity contribution in [2.75, 3.05) is 19.6 Å². The van der Waals surface area contributed by atoms with E-state index in [1.807, 2.05) is 20.8 Å². The van der Waals surface area contributed by atoms with E-state index in [9.17, 15) is 27.6 Å². The number of allylic oxidation sites excluding steroid dienone is 1. The van der Waals surface area contributed by atoms with Crippen molar-refractivity contribution < 1.29 is 32.4 Å². The van der Waals surface area contributed by atoms with Crippen molar-refractivity contribution in [2.45, 2.75) is 196 Å². The van der Waals surface area contributed by atoms with Gasteiger partial charge in [0.15, 0.2) is 11.6 Å². The molecule has 0 unspecified atom stereocenters. The predicted octanol–water partition coefficient (Wildman–Crippen LogP) is 6.98. The molecule has 0 aromatic heterocycles. The summed E-state index contributed by atoms with van der Waals surface area (Å²) < 4.78 is 30.3. The molecule has 0 radical (unpaired) electrons. The maximum absolute atomic E-state index is 15.4. The Morgan fingerprint density at radius 3 is 2.03 bits per heavy atom. The van der Waals surface area contributed by atoms with E-state index in [0.717, 1.165) is 77.2 Å². The van der Waals surface area contributed by atoms with E-state index >= 15 is 4.79 Å². The Kier molecular flexibility index (Phi) is 13.6. The average Bonchev–Trinajstić information content (AvgIpc) is 3.90. The summed E-state index contributed by atoms with van der Waals surface area (Å²) in [6, 6.07) is -1.97. The lowest BCUT2D eigenvalue weighted by Crippen LogP contribution is -2.57. The molecule has 13 heteroatoms. The molecule has 0 bridgehead atoms. The van der Waals surface area contributed by atoms with E-state index in [0.29, 0.717) is 19.4 Å². The lowest BCUT2D eigenvalue weighted by Gasteiger charge is -2.40. The number of nitrogens with zero attached hydrogens (tertiary/aromatic N) is 3. The predicted molar refractivity (Wildman–Crippen MR) is 238 cm³/mol. The molecule has 0 aromatic carbocycles. The molecule has 4 saturated carbocycles. The maximum atomic E-state index is 15.4. The number of hydrogen-bond donors (Lipinski definition) is 2. The van der Waals surface area contributed by atoms with Crippen LogP contribution in [0.5, 0.6) is 0 Å². The summed E-state index contributed by atoms with van der Waals surface area (Å²) in [5.74, 6) is -2.54. The van der Waals surface area contributed by atoms with Gasteiger partial charge in [0, 0.05) is 49.3 Å². The van der Waals surface area contributed by atoms with E-state index in [1.165, 1.54) is 4.31 Å². The van der Waals surface area contributed by atoms with E-state index < -0.39 is 44.9 Å². The van der Waals surface area contributed by atoms with Crippen LogP contribution in [0.3, 0.4) is 0 Å². The molecule has 344 valence electrons. The first-order chi connectivity index (χ1) is 28.4. The number of ketones is 2. The van der Waals surface area contributed by atoms with Crippen LogP contribution in [0.2, 0.25) is 0 Å². The number of hydrogen-bond acceptors (Lipinski definition) is 8. The summed E-state index contributed by atoms with van der Waals surface area (Å²) in [5.41, 5.74) is -2.30. The monoisotopic (exact) mass is 870 g/mol. The molecule has 6 fully saturated rings. The minimum atomic E-state index is -4.17. The summed E-state index contributed by atoms with van der Waals surface area (Å²) in [5, 5.41) is 3.28. The van der Waals surface area contributed by atoms with E-state index in [2.05, 4.69) is 49.2 Å². The van der Waals surface area contributed by atoms with Crippen LogP contribution in [0.15, 0.2) is 12.7 Å². The van der Waals surface area contributed by atoms with Crippen molar-refractivity contribution >= 4 is 39.5 Å². The Bertz CT molecular complexity index is 1830. The first kappa shape index (κ1) is 47.8. The van der Waals surface area contributed by atoms with Crippen molar-refractivity contribution in [1.82, 2.24) is 24.1 Å². The van der Waals surface area contributed by atoms with Crippen molar-refractivity contribution in [3.8, 4) is 0 Å². The number of piperidine rings is 1. The Hall–Kier alpha value is -2.64. The zero-order valence-electron chi connectivity index (χ0n) is 39.2. The molecule has 12 nitrogen and oxygen atoms in total. The molecule has 6 rings (SSSR count). The summed E-state index contributed by atoms with van der Waals surface area (Å²) in [7, 11) is -4.17. The molecular formula is C48H79N5O7S. The van der Waals surface area contributed by atoms with Crippen LogP contribution in [0.1, 0.15) is 166 Å². The quantitative estimate of drug-likeness (QED) is 0.149. The van der Waals surface area contributed by atoms with E-state index in [1.54, 1.807) is 31.7 Å². The Labute approximate surface area is 367 Å². The molecule has 0 aromatic rings. The molecule has 6 aliphatic rings. The van der Waals surface area contributed by atoms with Crippen LogP contribution in [-0.2, 0) is 34.2 Å². The normalized spacial score (nSPS) is 30.9. The van der Waals surface area contributed by atoms with Crippen molar-refractivity contribution in [3.05, 3.63) is 12.7 Å². The molecule has 2 spiro atoms. The molecule has 2 saturated heterocycles. The lowest BCUT2D eigenvalue weighted by molar-refractivity contribution is -0.147. The first-order valence-electron chi connectivity index (χ1n) is 23.8. The van der Waals surface area contributed by atoms with Gasteiger partial charge in [0.2, 0.25) is 17.7 Å². The topological polar surface area (TPSA) is 153 Å². The SMILES string of the molecule is C=C[C@@H]1C[C@]1(CC(=O)[C@@H]1C[C@@]2(CN1C(=O)[C@@H](CC(=O)[C@@H](NC(=O)[C@H]1CCCCN1C(C)C)C1CCCCC1)C(C)(C)C)C(C)(C)C21CCC1)C(=O)NS(=O)(=O)N(CC)C(C)C. The third-order valence-electron chi connectivity index (χ3n) is 17.3. The van der Waals surface area contributed by atoms with Crippen molar-refractivity contribution in [1.29, 1.82) is 0 Å². The summed E-state index contributed by atoms with van der Waals surface area (Å²) in [6.07, 6.45) is 12.9. The highest BCUT2D eigenvalue weighted by atomic mass is 32.2. The Morgan fingerprint density at radius 2 is 1.52 bits per heavy atom. The largest absolute Gasteiger partial charge is 0.345 e. The van der Waals surface area contributed by atoms with Crippen LogP contribution in [0.25, 0.3) is 0 Å². The van der Waals surface area contributed by atoms with Gasteiger partial charge in [-0.05, 0) is 114 Å². The van der Waals surface area contributed by atoms with Gasteiger partial charge < -0.3 is 10.2 Å². The molecular weight excluding hydrogens is 791 g/mol. The highest BCUT2D eigenvalue weighted by Gasteiger charge is 2.85. The van der Waals surface area contributed by atoms with Gasteiger partial charge in [-0.25, -0.2) is 4.72 Å². The van der Waals surface area contributed by atoms with Crippen molar-refractivity contribution in [3.63, 3.8) is 0 Å². The standard InChI is InChI=1S/C48H79N5O7S/c1-12-34-27-46(34,43(58)50-61(59,60)53(13-2)32(5)6)29-39(55)37-28-48(45(10,11)47(48)23-19-24-47)30-52(37)42(57)35(44(7,8)9)26-38(54)40(33-20-15-14-16-21-33)49-41(56)36-22-17-18-25-51(36)31(3)4/h12,31-37,40H,1,13-30H2,2-11H3,(H,49,56)(H,50,58)/t34-,35-,36-,37+,40+,46-,48-/m1/s1. The Morgan fingerprint density at radius 1 is 0.885 bits per heavy atom. The van der Waals surface area contributed by atoms with Crippen LogP contribution < -0.4 is 10.0 Å². The van der Waals surface area contributed by atoms with Crippen molar-refractivity contribution in [2.24, 2.45) is 44.8 Å². The zero-order chi connectivity index (χ0) is 45.1. The highest BCUT2D eigenvalue weighted by molar-refractivity contribution is 7.87. The second-order valence-electron chi connectivity index (χ2n) is 22.2. The minimum Gasteiger partial charge on any atom is -0.345 e. The van der Waals surface area contributed by atoms with Gasteiger partial charge in [-0.15, -0.1) is 6.58 Å². The number of amides is 3. The average molecular weight is 870 g/mol. The number of carbonyl (C=O) groups is 5. The van der Waals surface area contributed by atoms with Crippen LogP contribution in [0.4, 0.5) is 0 Å². The molecule has 7 atom stereocenters. The fourth-order valence-corrected chi connectivity index (χ4v) is 14.6. The maximum Gasteiger partial charge on any atom is 0.304 e. The van der Waals surface area contributed by atoms with Gasteiger partial charge in [-0.3, -0.25) is 28.9 Å². The minimum absolute atomic E-state index is 0.000395. The van der Waals surface area contributed by atoms with Gasteiger partial charge in [0.1, 0.15) is 0 Å². The summed E-state index contributed by atoms with van der Waals surface area (Å²) in [6.45, 7) is 25.2. The third-order valence-corrected chi connectivity index (χ3v) is 19.0. The number of Topliss-reactive ketones (excluding diaryl/α,β-unsaturated/α-hetero) is 2. The number of carbonyl (C=O) groups excluding carboxylic acids is 5. The first-order valence-corrected chi connectivity index (χ1v) is 25.3. The lowest BCUT2D eigenvalue weighted by atomic mass is 9.73. The van der Waals surface area contributed by atoms with Crippen LogP contribution >= 0.6 is 0 Å². The number of likely N-dealkylation sites (tertiary alicyclic amines) is 2. The molecule has 2 aliphatic heterocycles. The second kappa shape index (κ2) is 17.4. The second-order valence-corrected chi connectivity index (χ2v) is 23.8. The smallest absolute Gasteiger partial charge is 0.304 e. The van der Waals surface area contributed by atoms with Crippen LogP contribution in [0, 0.1) is 44.8 Å². The highest BCUT2D eigenvalue weighted by Crippen LogP contribution is 2.88. The molecule has 2 N–H and O–H groups in total.